The van der Waals surface area contributed by atoms with Gasteiger partial charge in [0.05, 0.1) is 0 Å². The van der Waals surface area contributed by atoms with Gasteiger partial charge in [-0.2, -0.15) is 5.26 Å². The monoisotopic (exact) mass is 218 g/mol. The van der Waals surface area contributed by atoms with Crippen molar-refractivity contribution in [2.24, 2.45) is 0 Å². The smallest absolute Gasteiger partial charge is 0.234 e. The largest absolute Gasteiger partial charge is 0.346 e. The third kappa shape index (κ3) is 3.07. The minimum absolute atomic E-state index is 0.292. The van der Waals surface area contributed by atoms with E-state index in [1.807, 2.05) is 36.4 Å². The molecule has 4 heteroatoms. The van der Waals surface area contributed by atoms with Gasteiger partial charge in [0.1, 0.15) is 6.07 Å². The standard InChI is InChI=1S/C12H14N2O2/c1-10(15)14-12(9-13,16-2)8-11-6-4-3-5-7-11/h3-7H,8H2,1-2H3,(H,14,15). The second-order valence-corrected chi connectivity index (χ2v) is 3.49. The molecule has 0 aliphatic heterocycles. The number of hydrogen-bond acceptors (Lipinski definition) is 3. The summed E-state index contributed by atoms with van der Waals surface area (Å²) >= 11 is 0. The molecule has 0 aliphatic carbocycles. The highest BCUT2D eigenvalue weighted by Crippen LogP contribution is 2.13. The van der Waals surface area contributed by atoms with Crippen molar-refractivity contribution in [2.45, 2.75) is 19.1 Å². The van der Waals surface area contributed by atoms with E-state index in [1.54, 1.807) is 0 Å². The molecule has 4 nitrogen and oxygen atoms in total. The maximum Gasteiger partial charge on any atom is 0.234 e. The third-order valence-corrected chi connectivity index (χ3v) is 2.20. The second kappa shape index (κ2) is 5.29. The van der Waals surface area contributed by atoms with E-state index >= 15 is 0 Å². The first-order valence-corrected chi connectivity index (χ1v) is 4.91. The number of nitriles is 1. The van der Waals surface area contributed by atoms with Crippen LogP contribution in [0.1, 0.15) is 12.5 Å². The maximum absolute atomic E-state index is 11.0. The summed E-state index contributed by atoms with van der Waals surface area (Å²) in [7, 11) is 1.40. The lowest BCUT2D eigenvalue weighted by molar-refractivity contribution is -0.125. The molecule has 84 valence electrons. The normalized spacial score (nSPS) is 13.6. The summed E-state index contributed by atoms with van der Waals surface area (Å²) in [4.78, 5) is 11.0. The Morgan fingerprint density at radius 3 is 2.56 bits per heavy atom. The molecule has 1 unspecified atom stereocenters. The Morgan fingerprint density at radius 2 is 2.12 bits per heavy atom. The molecule has 1 aromatic rings. The first-order valence-electron chi connectivity index (χ1n) is 4.91. The van der Waals surface area contributed by atoms with E-state index in [4.69, 9.17) is 10.00 Å². The zero-order valence-corrected chi connectivity index (χ0v) is 9.36. The van der Waals surface area contributed by atoms with E-state index < -0.39 is 5.72 Å². The topological polar surface area (TPSA) is 62.1 Å². The number of amides is 1. The average Bonchev–Trinajstić information content (AvgIpc) is 2.29. The molecular formula is C12H14N2O2. The molecule has 0 bridgehead atoms. The number of benzene rings is 1. The van der Waals surface area contributed by atoms with Gasteiger partial charge in [-0.05, 0) is 5.56 Å². The molecule has 1 N–H and O–H groups in total. The highest BCUT2D eigenvalue weighted by Gasteiger charge is 2.30. The SMILES string of the molecule is COC(C#N)(Cc1ccccc1)NC(C)=O. The number of rotatable bonds is 4. The summed E-state index contributed by atoms with van der Waals surface area (Å²) in [6.45, 7) is 1.36. The molecular weight excluding hydrogens is 204 g/mol. The van der Waals surface area contributed by atoms with Gasteiger partial charge in [0.15, 0.2) is 0 Å². The number of carbonyl (C=O) groups excluding carboxylic acids is 1. The van der Waals surface area contributed by atoms with E-state index in [1.165, 1.54) is 14.0 Å². The van der Waals surface area contributed by atoms with Crippen molar-refractivity contribution in [1.29, 1.82) is 5.26 Å². The maximum atomic E-state index is 11.0. The fraction of sp³-hybridized carbons (Fsp3) is 0.333. The molecule has 1 rings (SSSR count). The molecule has 0 saturated heterocycles. The lowest BCUT2D eigenvalue weighted by atomic mass is 10.0. The number of hydrogen-bond donors (Lipinski definition) is 1. The van der Waals surface area contributed by atoms with Crippen LogP contribution in [-0.2, 0) is 16.0 Å². The summed E-state index contributed by atoms with van der Waals surface area (Å²) in [5.74, 6) is -0.292. The molecule has 1 amide bonds. The molecule has 16 heavy (non-hydrogen) atoms. The highest BCUT2D eigenvalue weighted by atomic mass is 16.5. The van der Waals surface area contributed by atoms with Gasteiger partial charge in [0.25, 0.3) is 0 Å². The number of ether oxygens (including phenoxy) is 1. The van der Waals surface area contributed by atoms with Crippen molar-refractivity contribution in [3.63, 3.8) is 0 Å². The Hall–Kier alpha value is -1.86. The number of carbonyl (C=O) groups is 1. The molecule has 0 heterocycles. The molecule has 0 fully saturated rings. The first-order chi connectivity index (χ1) is 7.62. The molecule has 0 radical (unpaired) electrons. The number of methoxy groups -OCH3 is 1. The van der Waals surface area contributed by atoms with Crippen LogP contribution in [0, 0.1) is 11.3 Å². The van der Waals surface area contributed by atoms with E-state index in [9.17, 15) is 4.79 Å². The van der Waals surface area contributed by atoms with Crippen LogP contribution in [0.5, 0.6) is 0 Å². The molecule has 1 aromatic carbocycles. The number of nitrogens with zero attached hydrogens (tertiary/aromatic N) is 1. The zero-order valence-electron chi connectivity index (χ0n) is 9.36. The van der Waals surface area contributed by atoms with Crippen molar-refractivity contribution in [3.05, 3.63) is 35.9 Å². The summed E-state index contributed by atoms with van der Waals surface area (Å²) in [6, 6.07) is 11.4. The molecule has 0 saturated carbocycles. The van der Waals surface area contributed by atoms with Crippen molar-refractivity contribution < 1.29 is 9.53 Å². The first kappa shape index (κ1) is 12.2. The van der Waals surface area contributed by atoms with E-state index in [-0.39, 0.29) is 5.91 Å². The minimum atomic E-state index is -1.28. The molecule has 0 spiro atoms. The lowest BCUT2D eigenvalue weighted by Crippen LogP contribution is -2.49. The van der Waals surface area contributed by atoms with Crippen molar-refractivity contribution in [3.8, 4) is 6.07 Å². The summed E-state index contributed by atoms with van der Waals surface area (Å²) < 4.78 is 5.11. The number of nitrogens with one attached hydrogen (secondary N) is 1. The van der Waals surface area contributed by atoms with Gasteiger partial charge in [-0.15, -0.1) is 0 Å². The molecule has 0 aromatic heterocycles. The van der Waals surface area contributed by atoms with Crippen LogP contribution in [-0.4, -0.2) is 18.7 Å². The van der Waals surface area contributed by atoms with Crippen LogP contribution in [0.2, 0.25) is 0 Å². The van der Waals surface area contributed by atoms with Crippen molar-refractivity contribution >= 4 is 5.91 Å². The van der Waals surface area contributed by atoms with Crippen molar-refractivity contribution in [2.75, 3.05) is 7.11 Å². The Labute approximate surface area is 94.8 Å². The Morgan fingerprint density at radius 1 is 1.50 bits per heavy atom. The lowest BCUT2D eigenvalue weighted by Gasteiger charge is -2.25. The fourth-order valence-corrected chi connectivity index (χ4v) is 1.45. The fourth-order valence-electron chi connectivity index (χ4n) is 1.45. The zero-order chi connectivity index (χ0) is 12.0. The Balaban J connectivity index is 2.88. The predicted octanol–water partition coefficient (Wildman–Crippen LogP) is 1.23. The van der Waals surface area contributed by atoms with Crippen LogP contribution in [0.4, 0.5) is 0 Å². The summed E-state index contributed by atoms with van der Waals surface area (Å²) in [5.41, 5.74) is -0.354. The quantitative estimate of drug-likeness (QED) is 0.773. The van der Waals surface area contributed by atoms with Crippen LogP contribution in [0.25, 0.3) is 0 Å². The highest BCUT2D eigenvalue weighted by molar-refractivity contribution is 5.74. The van der Waals surface area contributed by atoms with Gasteiger partial charge < -0.3 is 10.1 Å². The Kier molecular flexibility index (Phi) is 4.03. The van der Waals surface area contributed by atoms with Gasteiger partial charge in [-0.3, -0.25) is 4.79 Å². The van der Waals surface area contributed by atoms with Crippen LogP contribution in [0.3, 0.4) is 0 Å². The van der Waals surface area contributed by atoms with Gasteiger partial charge >= 0.3 is 0 Å². The second-order valence-electron chi connectivity index (χ2n) is 3.49. The van der Waals surface area contributed by atoms with Gasteiger partial charge in [-0.1, -0.05) is 30.3 Å². The summed E-state index contributed by atoms with van der Waals surface area (Å²) in [5, 5.41) is 11.6. The van der Waals surface area contributed by atoms with Gasteiger partial charge in [-0.25, -0.2) is 0 Å². The minimum Gasteiger partial charge on any atom is -0.346 e. The summed E-state index contributed by atoms with van der Waals surface area (Å²) in [6.07, 6.45) is 0.320. The molecule has 0 aliphatic rings. The van der Waals surface area contributed by atoms with Gasteiger partial charge in [0, 0.05) is 20.5 Å². The van der Waals surface area contributed by atoms with Gasteiger partial charge in [0.2, 0.25) is 11.6 Å². The van der Waals surface area contributed by atoms with Crippen LogP contribution in [0.15, 0.2) is 30.3 Å². The average molecular weight is 218 g/mol. The van der Waals surface area contributed by atoms with E-state index in [0.717, 1.165) is 5.56 Å². The van der Waals surface area contributed by atoms with E-state index in [2.05, 4.69) is 5.32 Å². The molecule has 1 atom stereocenters. The predicted molar refractivity (Wildman–Crippen MR) is 59.3 cm³/mol. The van der Waals surface area contributed by atoms with Crippen LogP contribution >= 0.6 is 0 Å². The van der Waals surface area contributed by atoms with Crippen LogP contribution < -0.4 is 5.32 Å². The van der Waals surface area contributed by atoms with E-state index in [0.29, 0.717) is 6.42 Å². The van der Waals surface area contributed by atoms with Crippen molar-refractivity contribution in [1.82, 2.24) is 5.32 Å². The Bertz CT molecular complexity index is 397. The third-order valence-electron chi connectivity index (χ3n) is 2.20.